The zero-order chi connectivity index (χ0) is 33.1. The van der Waals surface area contributed by atoms with E-state index in [4.69, 9.17) is 9.47 Å². The van der Waals surface area contributed by atoms with Crippen molar-refractivity contribution in [1.82, 2.24) is 9.80 Å². The molecule has 3 N–H and O–H groups in total. The second-order valence-electron chi connectivity index (χ2n) is 12.0. The zero-order valence-corrected chi connectivity index (χ0v) is 27.1. The highest BCUT2D eigenvalue weighted by atomic mass is 16.5. The summed E-state index contributed by atoms with van der Waals surface area (Å²) in [4.78, 5) is 43.4. The lowest BCUT2D eigenvalue weighted by molar-refractivity contribution is -0.0115. The van der Waals surface area contributed by atoms with Gasteiger partial charge in [-0.05, 0) is 75.6 Å². The Morgan fingerprint density at radius 1 is 0.978 bits per heavy atom. The summed E-state index contributed by atoms with van der Waals surface area (Å²) in [6.45, 7) is 6.55. The third-order valence-corrected chi connectivity index (χ3v) is 8.17. The average Bonchev–Trinajstić information content (AvgIpc) is 3.06. The van der Waals surface area contributed by atoms with Crippen molar-refractivity contribution >= 4 is 29.2 Å². The number of hydrogen-bond donors (Lipinski definition) is 3. The van der Waals surface area contributed by atoms with E-state index in [0.717, 1.165) is 19.3 Å². The number of carbonyl (C=O) groups excluding carboxylic acids is 3. The number of likely N-dealkylation sites (N-methyl/N-ethyl adjacent to an activating group) is 1. The van der Waals surface area contributed by atoms with Crippen LogP contribution >= 0.6 is 0 Å². The highest BCUT2D eigenvalue weighted by molar-refractivity contribution is 6.05. The predicted molar refractivity (Wildman–Crippen MR) is 179 cm³/mol. The molecule has 0 radical (unpaired) electrons. The molecule has 0 bridgehead atoms. The SMILES string of the molecule is C[C@@H]1CN([C@@H](C)CO)C(=O)c2cc(NC(=O)c3ccccc3)ccc2O[C@@H](C)CCCCO[C@H]1CN(C)C(=O)Nc1ccccc1. The van der Waals surface area contributed by atoms with Gasteiger partial charge in [-0.1, -0.05) is 43.3 Å². The lowest BCUT2D eigenvalue weighted by Crippen LogP contribution is -2.48. The van der Waals surface area contributed by atoms with Gasteiger partial charge >= 0.3 is 6.03 Å². The van der Waals surface area contributed by atoms with Crippen molar-refractivity contribution in [2.75, 3.05) is 44.0 Å². The number of para-hydroxylation sites is 1. The third-order valence-electron chi connectivity index (χ3n) is 8.17. The largest absolute Gasteiger partial charge is 0.490 e. The maximum atomic E-state index is 14.3. The minimum Gasteiger partial charge on any atom is -0.490 e. The molecule has 4 amide bonds. The van der Waals surface area contributed by atoms with E-state index in [0.29, 0.717) is 41.4 Å². The summed E-state index contributed by atoms with van der Waals surface area (Å²) in [6.07, 6.45) is 1.86. The molecule has 1 heterocycles. The van der Waals surface area contributed by atoms with Gasteiger partial charge in [0.25, 0.3) is 11.8 Å². The maximum absolute atomic E-state index is 14.3. The number of carbonyl (C=O) groups is 3. The van der Waals surface area contributed by atoms with Gasteiger partial charge in [0.05, 0.1) is 30.4 Å². The number of ether oxygens (including phenoxy) is 2. The first-order chi connectivity index (χ1) is 22.2. The molecule has 0 unspecified atom stereocenters. The molecule has 3 aromatic rings. The fourth-order valence-corrected chi connectivity index (χ4v) is 5.35. The quantitative estimate of drug-likeness (QED) is 0.299. The van der Waals surface area contributed by atoms with Crippen LogP contribution in [0.15, 0.2) is 78.9 Å². The fraction of sp³-hybridized carbons (Fsp3) is 0.417. The standard InChI is InChI=1S/C36H46N4O6/c1-25-22-40(26(2)24-41)35(43)31-21-30(37-34(42)28-14-7-5-8-15-28)18-19-32(31)46-27(3)13-11-12-20-45-33(25)23-39(4)36(44)38-29-16-9-6-10-17-29/h5-10,14-19,21,25-27,33,41H,11-13,20,22-24H2,1-4H3,(H,37,42)(H,38,44)/t25-,26+,27+,33+/m1/s1. The highest BCUT2D eigenvalue weighted by Gasteiger charge is 2.31. The van der Waals surface area contributed by atoms with E-state index < -0.39 is 6.04 Å². The maximum Gasteiger partial charge on any atom is 0.321 e. The number of hydrogen-bond acceptors (Lipinski definition) is 6. The first kappa shape index (κ1) is 34.5. The second kappa shape index (κ2) is 16.8. The van der Waals surface area contributed by atoms with E-state index in [1.807, 2.05) is 50.2 Å². The summed E-state index contributed by atoms with van der Waals surface area (Å²) in [5, 5.41) is 16.0. The molecule has 1 aliphatic rings. The van der Waals surface area contributed by atoms with Crippen molar-refractivity contribution in [3.63, 3.8) is 0 Å². The number of nitrogens with one attached hydrogen (secondary N) is 2. The molecule has 46 heavy (non-hydrogen) atoms. The Labute approximate surface area is 271 Å². The number of rotatable bonds is 7. The fourth-order valence-electron chi connectivity index (χ4n) is 5.35. The monoisotopic (exact) mass is 630 g/mol. The first-order valence-electron chi connectivity index (χ1n) is 15.9. The van der Waals surface area contributed by atoms with E-state index in [9.17, 15) is 19.5 Å². The van der Waals surface area contributed by atoms with Crippen LogP contribution in [0.25, 0.3) is 0 Å². The van der Waals surface area contributed by atoms with Crippen molar-refractivity contribution in [2.24, 2.45) is 5.92 Å². The summed E-state index contributed by atoms with van der Waals surface area (Å²) in [5.41, 5.74) is 1.94. The van der Waals surface area contributed by atoms with Crippen LogP contribution in [0.5, 0.6) is 5.75 Å². The summed E-state index contributed by atoms with van der Waals surface area (Å²) in [5.74, 6) is -0.410. The molecule has 4 atom stereocenters. The van der Waals surface area contributed by atoms with E-state index in [1.165, 1.54) is 0 Å². The zero-order valence-electron chi connectivity index (χ0n) is 27.1. The number of amides is 4. The Bertz CT molecular complexity index is 1440. The molecule has 4 rings (SSSR count). The molecular formula is C36H46N4O6. The van der Waals surface area contributed by atoms with Crippen LogP contribution in [-0.2, 0) is 4.74 Å². The van der Waals surface area contributed by atoms with Crippen LogP contribution in [0, 0.1) is 5.92 Å². The molecule has 0 saturated carbocycles. The Hall–Kier alpha value is -4.41. The molecular weight excluding hydrogens is 584 g/mol. The van der Waals surface area contributed by atoms with Gasteiger partial charge in [0.2, 0.25) is 0 Å². The molecule has 3 aromatic carbocycles. The third kappa shape index (κ3) is 9.55. The Kier molecular flexibility index (Phi) is 12.6. The van der Waals surface area contributed by atoms with Crippen LogP contribution in [0.4, 0.5) is 16.2 Å². The van der Waals surface area contributed by atoms with Gasteiger partial charge in [0.15, 0.2) is 0 Å². The Balaban J connectivity index is 1.60. The Morgan fingerprint density at radius 2 is 1.67 bits per heavy atom. The predicted octanol–water partition coefficient (Wildman–Crippen LogP) is 5.90. The number of aliphatic hydroxyl groups excluding tert-OH is 1. The van der Waals surface area contributed by atoms with Crippen molar-refractivity contribution < 1.29 is 29.0 Å². The molecule has 0 aliphatic carbocycles. The molecule has 246 valence electrons. The van der Waals surface area contributed by atoms with Gasteiger partial charge in [-0.15, -0.1) is 0 Å². The van der Waals surface area contributed by atoms with E-state index >= 15 is 0 Å². The molecule has 0 spiro atoms. The number of fused-ring (bicyclic) bond motifs is 1. The smallest absolute Gasteiger partial charge is 0.321 e. The molecule has 0 saturated heterocycles. The van der Waals surface area contributed by atoms with Gasteiger partial charge in [-0.25, -0.2) is 4.79 Å². The normalized spacial score (nSPS) is 20.0. The topological polar surface area (TPSA) is 120 Å². The van der Waals surface area contributed by atoms with Crippen LogP contribution in [0.1, 0.15) is 60.7 Å². The van der Waals surface area contributed by atoms with Gasteiger partial charge in [-0.3, -0.25) is 9.59 Å². The van der Waals surface area contributed by atoms with Crippen LogP contribution in [-0.4, -0.2) is 84.4 Å². The second-order valence-corrected chi connectivity index (χ2v) is 12.0. The number of urea groups is 1. The van der Waals surface area contributed by atoms with Gasteiger partial charge in [0.1, 0.15) is 5.75 Å². The van der Waals surface area contributed by atoms with Crippen molar-refractivity contribution in [3.8, 4) is 5.75 Å². The van der Waals surface area contributed by atoms with E-state index in [2.05, 4.69) is 10.6 Å². The number of nitrogens with zero attached hydrogens (tertiary/aromatic N) is 2. The van der Waals surface area contributed by atoms with E-state index in [-0.39, 0.29) is 49.1 Å². The molecule has 0 fully saturated rings. The summed E-state index contributed by atoms with van der Waals surface area (Å²) >= 11 is 0. The molecule has 0 aromatic heterocycles. The first-order valence-corrected chi connectivity index (χ1v) is 15.9. The van der Waals surface area contributed by atoms with Crippen molar-refractivity contribution in [3.05, 3.63) is 90.0 Å². The minimum absolute atomic E-state index is 0.175. The van der Waals surface area contributed by atoms with Crippen molar-refractivity contribution in [2.45, 2.75) is 58.3 Å². The number of anilines is 2. The number of aliphatic hydroxyl groups is 1. The van der Waals surface area contributed by atoms with Gasteiger partial charge < -0.3 is 35.0 Å². The highest BCUT2D eigenvalue weighted by Crippen LogP contribution is 2.29. The number of benzene rings is 3. The van der Waals surface area contributed by atoms with Crippen LogP contribution in [0.3, 0.4) is 0 Å². The molecule has 1 aliphatic heterocycles. The lowest BCUT2D eigenvalue weighted by Gasteiger charge is -2.35. The summed E-state index contributed by atoms with van der Waals surface area (Å²) in [7, 11) is 1.72. The average molecular weight is 631 g/mol. The van der Waals surface area contributed by atoms with Crippen LogP contribution < -0.4 is 15.4 Å². The van der Waals surface area contributed by atoms with Crippen LogP contribution in [0.2, 0.25) is 0 Å². The van der Waals surface area contributed by atoms with Gasteiger partial charge in [-0.2, -0.15) is 0 Å². The Morgan fingerprint density at radius 3 is 2.37 bits per heavy atom. The van der Waals surface area contributed by atoms with Crippen molar-refractivity contribution in [1.29, 1.82) is 0 Å². The minimum atomic E-state index is -0.518. The van der Waals surface area contributed by atoms with E-state index in [1.54, 1.807) is 66.2 Å². The summed E-state index contributed by atoms with van der Waals surface area (Å²) < 4.78 is 12.6. The van der Waals surface area contributed by atoms with Gasteiger partial charge in [0, 0.05) is 49.6 Å². The molecule has 10 heteroatoms. The summed E-state index contributed by atoms with van der Waals surface area (Å²) in [6, 6.07) is 22.4. The lowest BCUT2D eigenvalue weighted by atomic mass is 10.0. The molecule has 10 nitrogen and oxygen atoms in total.